The lowest BCUT2D eigenvalue weighted by molar-refractivity contribution is -0.384. The zero-order valence-electron chi connectivity index (χ0n) is 19.5. The summed E-state index contributed by atoms with van der Waals surface area (Å²) in [5.74, 6) is -0.508. The van der Waals surface area contributed by atoms with E-state index < -0.39 is 23.0 Å². The topological polar surface area (TPSA) is 108 Å². The maximum atomic E-state index is 12.8. The third-order valence-corrected chi connectivity index (χ3v) is 5.89. The Morgan fingerprint density at radius 3 is 2.06 bits per heavy atom. The fourth-order valence-corrected chi connectivity index (χ4v) is 4.29. The second-order valence-corrected chi connectivity index (χ2v) is 8.82. The molecule has 1 aliphatic rings. The highest BCUT2D eigenvalue weighted by molar-refractivity contribution is 5.83. The van der Waals surface area contributed by atoms with Gasteiger partial charge >= 0.3 is 12.1 Å². The zero-order valence-corrected chi connectivity index (χ0v) is 19.5. The van der Waals surface area contributed by atoms with Crippen LogP contribution in [0.4, 0.5) is 10.5 Å². The number of alkyl carbamates (subject to hydrolysis) is 1. The van der Waals surface area contributed by atoms with Gasteiger partial charge in [-0.3, -0.25) is 10.1 Å². The van der Waals surface area contributed by atoms with Crippen molar-refractivity contribution in [2.45, 2.75) is 32.2 Å². The van der Waals surface area contributed by atoms with Gasteiger partial charge in [-0.25, -0.2) is 9.59 Å². The van der Waals surface area contributed by atoms with Crippen molar-refractivity contribution in [2.75, 3.05) is 6.61 Å². The summed E-state index contributed by atoms with van der Waals surface area (Å²) in [4.78, 5) is 35.7. The van der Waals surface area contributed by atoms with Crippen molar-refractivity contribution in [3.63, 3.8) is 0 Å². The fourth-order valence-electron chi connectivity index (χ4n) is 4.29. The first-order valence-corrected chi connectivity index (χ1v) is 11.4. The van der Waals surface area contributed by atoms with Gasteiger partial charge in [0.2, 0.25) is 0 Å². The Bertz CT molecular complexity index is 1190. The molecule has 35 heavy (non-hydrogen) atoms. The number of fused-ring (bicyclic) bond motifs is 3. The number of esters is 1. The van der Waals surface area contributed by atoms with Crippen LogP contribution >= 0.6 is 0 Å². The number of nitrogens with one attached hydrogen (secondary N) is 1. The molecule has 0 radical (unpaired) electrons. The molecule has 1 aliphatic carbocycles. The largest absolute Gasteiger partial charge is 0.449 e. The molecule has 0 fully saturated rings. The van der Waals surface area contributed by atoms with Gasteiger partial charge in [-0.1, -0.05) is 62.4 Å². The number of benzene rings is 3. The van der Waals surface area contributed by atoms with E-state index in [0.29, 0.717) is 6.42 Å². The van der Waals surface area contributed by atoms with Gasteiger partial charge in [-0.05, 0) is 46.7 Å². The van der Waals surface area contributed by atoms with Gasteiger partial charge in [0, 0.05) is 18.1 Å². The predicted molar refractivity (Wildman–Crippen MR) is 130 cm³/mol. The summed E-state index contributed by atoms with van der Waals surface area (Å²) in [6, 6.07) is 20.3. The van der Waals surface area contributed by atoms with E-state index in [1.165, 1.54) is 24.3 Å². The Morgan fingerprint density at radius 1 is 0.943 bits per heavy atom. The first-order valence-electron chi connectivity index (χ1n) is 11.4. The third kappa shape index (κ3) is 5.48. The average Bonchev–Trinajstić information content (AvgIpc) is 3.16. The molecule has 0 saturated carbocycles. The van der Waals surface area contributed by atoms with E-state index >= 15 is 0 Å². The van der Waals surface area contributed by atoms with Gasteiger partial charge in [0.05, 0.1) is 4.92 Å². The van der Waals surface area contributed by atoms with E-state index in [2.05, 4.69) is 17.4 Å². The lowest BCUT2D eigenvalue weighted by Crippen LogP contribution is -2.44. The van der Waals surface area contributed by atoms with Crippen LogP contribution in [0, 0.1) is 16.0 Å². The Labute approximate surface area is 203 Å². The minimum absolute atomic E-state index is 0.0937. The Morgan fingerprint density at radius 2 is 1.51 bits per heavy atom. The number of nitrogens with zero attached hydrogens (tertiary/aromatic N) is 1. The molecule has 1 N–H and O–H groups in total. The van der Waals surface area contributed by atoms with Crippen LogP contribution in [0.2, 0.25) is 0 Å². The molecule has 1 amide bonds. The molecule has 0 unspecified atom stereocenters. The summed E-state index contributed by atoms with van der Waals surface area (Å²) in [5.41, 5.74) is 4.33. The highest BCUT2D eigenvalue weighted by Crippen LogP contribution is 2.44. The van der Waals surface area contributed by atoms with Gasteiger partial charge in [-0.15, -0.1) is 0 Å². The number of nitro benzene ring substituents is 1. The SMILES string of the molecule is CC(C)C[C@@H](NC(=O)OCC1c2ccccc2-c2ccccc21)C(=O)Oc1ccc([N+](=O)[O-])cc1. The highest BCUT2D eigenvalue weighted by Gasteiger charge is 2.30. The minimum Gasteiger partial charge on any atom is -0.449 e. The summed E-state index contributed by atoms with van der Waals surface area (Å²) in [6.45, 7) is 3.97. The Kier molecular flexibility index (Phi) is 7.10. The van der Waals surface area contributed by atoms with Gasteiger partial charge in [-0.2, -0.15) is 0 Å². The molecule has 0 spiro atoms. The molecule has 3 aromatic rings. The molecule has 3 aromatic carbocycles. The normalized spacial score (nSPS) is 13.0. The summed E-state index contributed by atoms with van der Waals surface area (Å²) < 4.78 is 10.9. The molecule has 0 bridgehead atoms. The van der Waals surface area contributed by atoms with Crippen LogP contribution in [-0.2, 0) is 9.53 Å². The maximum Gasteiger partial charge on any atom is 0.407 e. The fraction of sp³-hybridized carbons (Fsp3) is 0.259. The first kappa shape index (κ1) is 23.9. The van der Waals surface area contributed by atoms with Crippen molar-refractivity contribution in [2.24, 2.45) is 5.92 Å². The van der Waals surface area contributed by atoms with Crippen molar-refractivity contribution in [1.29, 1.82) is 0 Å². The maximum absolute atomic E-state index is 12.8. The summed E-state index contributed by atoms with van der Waals surface area (Å²) in [7, 11) is 0. The number of amides is 1. The van der Waals surface area contributed by atoms with Gasteiger partial charge < -0.3 is 14.8 Å². The van der Waals surface area contributed by atoms with E-state index in [1.807, 2.05) is 50.2 Å². The number of carbonyl (C=O) groups is 2. The second kappa shape index (κ2) is 10.4. The molecule has 1 atom stereocenters. The standard InChI is InChI=1S/C27H26N2O6/c1-17(2)15-25(26(30)35-19-13-11-18(12-14-19)29(32)33)28-27(31)34-16-24-22-9-5-3-7-20(22)21-8-4-6-10-23(21)24/h3-14,17,24-25H,15-16H2,1-2H3,(H,28,31)/t25-/m1/s1. The van der Waals surface area contributed by atoms with Crippen LogP contribution in [0.3, 0.4) is 0 Å². The van der Waals surface area contributed by atoms with Crippen molar-refractivity contribution in [3.8, 4) is 16.9 Å². The predicted octanol–water partition coefficient (Wildman–Crippen LogP) is 5.45. The van der Waals surface area contributed by atoms with E-state index in [-0.39, 0.29) is 29.9 Å². The number of hydrogen-bond donors (Lipinski definition) is 1. The number of hydrogen-bond acceptors (Lipinski definition) is 6. The number of non-ortho nitro benzene ring substituents is 1. The Hall–Kier alpha value is -4.20. The number of carbonyl (C=O) groups excluding carboxylic acids is 2. The van der Waals surface area contributed by atoms with E-state index in [0.717, 1.165) is 22.3 Å². The van der Waals surface area contributed by atoms with Crippen LogP contribution in [0.5, 0.6) is 5.75 Å². The van der Waals surface area contributed by atoms with E-state index in [9.17, 15) is 19.7 Å². The average molecular weight is 475 g/mol. The van der Waals surface area contributed by atoms with Gasteiger partial charge in [0.25, 0.3) is 5.69 Å². The van der Waals surface area contributed by atoms with Crippen LogP contribution < -0.4 is 10.1 Å². The van der Waals surface area contributed by atoms with Crippen LogP contribution in [-0.4, -0.2) is 29.6 Å². The van der Waals surface area contributed by atoms with E-state index in [1.54, 1.807) is 0 Å². The molecule has 0 aliphatic heterocycles. The molecule has 0 saturated heterocycles. The van der Waals surface area contributed by atoms with Gasteiger partial charge in [0.15, 0.2) is 0 Å². The molecule has 8 nitrogen and oxygen atoms in total. The quantitative estimate of drug-likeness (QED) is 0.201. The lowest BCUT2D eigenvalue weighted by atomic mass is 9.98. The Balaban J connectivity index is 1.41. The smallest absolute Gasteiger partial charge is 0.407 e. The molecular weight excluding hydrogens is 448 g/mol. The number of rotatable bonds is 8. The second-order valence-electron chi connectivity index (χ2n) is 8.82. The first-order chi connectivity index (χ1) is 16.8. The molecule has 0 heterocycles. The molecule has 4 rings (SSSR count). The lowest BCUT2D eigenvalue weighted by Gasteiger charge is -2.20. The van der Waals surface area contributed by atoms with Crippen molar-refractivity contribution < 1.29 is 24.0 Å². The number of ether oxygens (including phenoxy) is 2. The van der Waals surface area contributed by atoms with E-state index in [4.69, 9.17) is 9.47 Å². The van der Waals surface area contributed by atoms with Crippen molar-refractivity contribution >= 4 is 17.7 Å². The van der Waals surface area contributed by atoms with Crippen LogP contribution in [0.25, 0.3) is 11.1 Å². The van der Waals surface area contributed by atoms with Gasteiger partial charge in [0.1, 0.15) is 18.4 Å². The van der Waals surface area contributed by atoms with Crippen LogP contribution in [0.15, 0.2) is 72.8 Å². The zero-order chi connectivity index (χ0) is 24.9. The molecule has 8 heteroatoms. The van der Waals surface area contributed by atoms with Crippen LogP contribution in [0.1, 0.15) is 37.3 Å². The monoisotopic (exact) mass is 474 g/mol. The molecule has 180 valence electrons. The highest BCUT2D eigenvalue weighted by atomic mass is 16.6. The van der Waals surface area contributed by atoms with Crippen molar-refractivity contribution in [1.82, 2.24) is 5.32 Å². The number of nitro groups is 1. The molecular formula is C27H26N2O6. The molecule has 0 aromatic heterocycles. The third-order valence-electron chi connectivity index (χ3n) is 5.89. The summed E-state index contributed by atoms with van der Waals surface area (Å²) >= 11 is 0. The van der Waals surface area contributed by atoms with Crippen molar-refractivity contribution in [3.05, 3.63) is 94.0 Å². The summed E-state index contributed by atoms with van der Waals surface area (Å²) in [5, 5.41) is 13.4. The summed E-state index contributed by atoms with van der Waals surface area (Å²) in [6.07, 6.45) is -0.367. The minimum atomic E-state index is -0.930.